The third kappa shape index (κ3) is 4.21. The first-order valence-corrected chi connectivity index (χ1v) is 7.94. The van der Waals surface area contributed by atoms with Gasteiger partial charge in [0.1, 0.15) is 6.61 Å². The van der Waals surface area contributed by atoms with Gasteiger partial charge in [0, 0.05) is 6.54 Å². The summed E-state index contributed by atoms with van der Waals surface area (Å²) in [7, 11) is -9.76. The Morgan fingerprint density at radius 3 is 2.45 bits per heavy atom. The molecule has 9 nitrogen and oxygen atoms in total. The second-order valence-electron chi connectivity index (χ2n) is 3.85. The topological polar surface area (TPSA) is 128 Å². The molecule has 112 valence electrons. The predicted octanol–water partition coefficient (Wildman–Crippen LogP) is -1.02. The van der Waals surface area contributed by atoms with Crippen molar-refractivity contribution in [1.82, 2.24) is 5.32 Å². The molecule has 1 aromatic carbocycles. The second kappa shape index (κ2) is 5.37. The Morgan fingerprint density at radius 1 is 1.15 bits per heavy atom. The number of nitrogens with one attached hydrogen (secondary N) is 1. The van der Waals surface area contributed by atoms with E-state index < -0.39 is 33.3 Å². The molecule has 0 radical (unpaired) electrons. The second-order valence-corrected chi connectivity index (χ2v) is 6.43. The van der Waals surface area contributed by atoms with Crippen molar-refractivity contribution >= 4 is 20.8 Å². The zero-order valence-corrected chi connectivity index (χ0v) is 11.6. The van der Waals surface area contributed by atoms with Gasteiger partial charge >= 0.3 is 20.8 Å². The van der Waals surface area contributed by atoms with E-state index in [-0.39, 0.29) is 6.54 Å². The molecular formula is C9H11NO8S2. The molecule has 0 aromatic heterocycles. The van der Waals surface area contributed by atoms with Crippen molar-refractivity contribution in [2.45, 2.75) is 12.5 Å². The van der Waals surface area contributed by atoms with E-state index in [0.29, 0.717) is 5.56 Å². The quantitative estimate of drug-likeness (QED) is 0.670. The molecule has 2 rings (SSSR count). The summed E-state index contributed by atoms with van der Waals surface area (Å²) in [5.41, 5.74) is 0.704. The van der Waals surface area contributed by atoms with Crippen molar-refractivity contribution < 1.29 is 33.9 Å². The Hall–Kier alpha value is -1.08. The van der Waals surface area contributed by atoms with Crippen LogP contribution in [0.4, 0.5) is 0 Å². The van der Waals surface area contributed by atoms with E-state index in [1.54, 1.807) is 30.3 Å². The minimum absolute atomic E-state index is 0.0102. The molecule has 1 atom stereocenters. The lowest BCUT2D eigenvalue weighted by molar-refractivity contribution is -0.179. The molecule has 0 aliphatic carbocycles. The van der Waals surface area contributed by atoms with Crippen LogP contribution in [0.15, 0.2) is 30.3 Å². The third-order valence-electron chi connectivity index (χ3n) is 2.22. The molecule has 0 bridgehead atoms. The first-order chi connectivity index (χ1) is 9.20. The summed E-state index contributed by atoms with van der Waals surface area (Å²) in [6.45, 7) is -0.975. The van der Waals surface area contributed by atoms with Gasteiger partial charge in [0.15, 0.2) is 0 Å². The molecule has 11 heteroatoms. The van der Waals surface area contributed by atoms with E-state index in [4.69, 9.17) is 0 Å². The number of hydrogen-bond donors (Lipinski definition) is 2. The highest BCUT2D eigenvalue weighted by Gasteiger charge is 2.43. The average Bonchev–Trinajstić information content (AvgIpc) is 2.42. The Kier molecular flexibility index (Phi) is 4.11. The molecule has 1 aliphatic heterocycles. The number of rotatable bonds is 3. The van der Waals surface area contributed by atoms with Crippen molar-refractivity contribution in [3.8, 4) is 0 Å². The lowest BCUT2D eigenvalue weighted by Gasteiger charge is -2.23. The lowest BCUT2D eigenvalue weighted by atomic mass is 10.2. The van der Waals surface area contributed by atoms with E-state index in [1.165, 1.54) is 0 Å². The van der Waals surface area contributed by atoms with Crippen LogP contribution in [0, 0.1) is 0 Å². The first-order valence-electron chi connectivity index (χ1n) is 5.27. The number of aliphatic hydroxyl groups is 1. The van der Waals surface area contributed by atoms with Crippen LogP contribution in [0.2, 0.25) is 0 Å². The van der Waals surface area contributed by atoms with Gasteiger partial charge in [0.2, 0.25) is 0 Å². The zero-order chi connectivity index (χ0) is 14.9. The predicted molar refractivity (Wildman–Crippen MR) is 64.2 cm³/mol. The highest BCUT2D eigenvalue weighted by molar-refractivity contribution is 7.95. The minimum atomic E-state index is -4.96. The first kappa shape index (κ1) is 15.3. The molecule has 0 saturated carbocycles. The summed E-state index contributed by atoms with van der Waals surface area (Å²) in [5.74, 6) is -2.56. The molecule has 0 spiro atoms. The van der Waals surface area contributed by atoms with Crippen LogP contribution in [0.3, 0.4) is 0 Å². The summed E-state index contributed by atoms with van der Waals surface area (Å²) in [6.07, 6.45) is 0. The largest absolute Gasteiger partial charge is 0.420 e. The fourth-order valence-corrected chi connectivity index (χ4v) is 3.23. The smallest absolute Gasteiger partial charge is 0.351 e. The monoisotopic (exact) mass is 325 g/mol. The maximum absolute atomic E-state index is 11.2. The third-order valence-corrected chi connectivity index (χ3v) is 4.44. The number of benzene rings is 1. The SMILES string of the molecule is O=S1(=O)OCC(O)(NCc2ccccc2)OS(=O)(=O)O1. The van der Waals surface area contributed by atoms with Gasteiger partial charge in [-0.05, 0) is 5.56 Å². The summed E-state index contributed by atoms with van der Waals surface area (Å²) < 4.78 is 56.5. The molecule has 1 aromatic rings. The van der Waals surface area contributed by atoms with Crippen molar-refractivity contribution in [1.29, 1.82) is 0 Å². The van der Waals surface area contributed by atoms with Crippen molar-refractivity contribution in [3.63, 3.8) is 0 Å². The molecule has 1 saturated heterocycles. The van der Waals surface area contributed by atoms with Gasteiger partial charge in [-0.3, -0.25) is 5.32 Å². The normalized spacial score (nSPS) is 28.6. The summed E-state index contributed by atoms with van der Waals surface area (Å²) in [4.78, 5) is 0. The van der Waals surface area contributed by atoms with Gasteiger partial charge in [-0.25, -0.2) is 4.18 Å². The van der Waals surface area contributed by atoms with Crippen LogP contribution in [0.25, 0.3) is 0 Å². The van der Waals surface area contributed by atoms with Crippen LogP contribution in [-0.4, -0.2) is 34.5 Å². The van der Waals surface area contributed by atoms with Gasteiger partial charge in [0.25, 0.3) is 5.91 Å². The summed E-state index contributed by atoms with van der Waals surface area (Å²) in [5, 5.41) is 12.2. The minimum Gasteiger partial charge on any atom is -0.351 e. The van der Waals surface area contributed by atoms with Gasteiger partial charge in [0.05, 0.1) is 0 Å². The fraction of sp³-hybridized carbons (Fsp3) is 0.333. The fourth-order valence-electron chi connectivity index (χ4n) is 1.40. The summed E-state index contributed by atoms with van der Waals surface area (Å²) >= 11 is 0. The van der Waals surface area contributed by atoms with E-state index >= 15 is 0 Å². The van der Waals surface area contributed by atoms with Gasteiger partial charge < -0.3 is 5.11 Å². The van der Waals surface area contributed by atoms with E-state index in [2.05, 4.69) is 17.3 Å². The standard InChI is InChI=1S/C9H11NO8S2/c11-9(10-6-8-4-2-1-3-5-8)7-16-19(12,13)18-20(14,15)17-9/h1-5,10-11H,6-7H2. The van der Waals surface area contributed by atoms with E-state index in [0.717, 1.165) is 0 Å². The van der Waals surface area contributed by atoms with E-state index in [1.807, 2.05) is 0 Å². The maximum atomic E-state index is 11.2. The van der Waals surface area contributed by atoms with E-state index in [9.17, 15) is 21.9 Å². The molecule has 1 aliphatic rings. The maximum Gasteiger partial charge on any atom is 0.420 e. The summed E-state index contributed by atoms with van der Waals surface area (Å²) in [6, 6.07) is 8.64. The number of hydrogen-bond acceptors (Lipinski definition) is 9. The van der Waals surface area contributed by atoms with Gasteiger partial charge in [-0.2, -0.15) is 21.0 Å². The van der Waals surface area contributed by atoms with Crippen LogP contribution in [0.1, 0.15) is 5.56 Å². The Labute approximate surface area is 115 Å². The molecule has 20 heavy (non-hydrogen) atoms. The highest BCUT2D eigenvalue weighted by atomic mass is 32.3. The van der Waals surface area contributed by atoms with Gasteiger partial charge in [-0.1, -0.05) is 30.3 Å². The lowest BCUT2D eigenvalue weighted by Crippen LogP contribution is -2.51. The Balaban J connectivity index is 2.13. The average molecular weight is 325 g/mol. The molecule has 2 N–H and O–H groups in total. The molecule has 1 fully saturated rings. The van der Waals surface area contributed by atoms with Crippen molar-refractivity contribution in [2.24, 2.45) is 0 Å². The van der Waals surface area contributed by atoms with Crippen molar-refractivity contribution in [2.75, 3.05) is 6.61 Å². The Morgan fingerprint density at radius 2 is 1.80 bits per heavy atom. The van der Waals surface area contributed by atoms with Crippen LogP contribution in [0.5, 0.6) is 0 Å². The molecule has 0 amide bonds. The molecule has 1 heterocycles. The molecule has 1 unspecified atom stereocenters. The van der Waals surface area contributed by atoms with Crippen LogP contribution >= 0.6 is 0 Å². The van der Waals surface area contributed by atoms with Crippen LogP contribution in [-0.2, 0) is 39.3 Å². The van der Waals surface area contributed by atoms with Gasteiger partial charge in [-0.15, -0.1) is 3.63 Å². The molecular weight excluding hydrogens is 314 g/mol. The Bertz CT molecular complexity index is 671. The van der Waals surface area contributed by atoms with Crippen molar-refractivity contribution in [3.05, 3.63) is 35.9 Å². The zero-order valence-electron chi connectivity index (χ0n) is 9.92. The van der Waals surface area contributed by atoms with Crippen LogP contribution < -0.4 is 5.32 Å². The highest BCUT2D eigenvalue weighted by Crippen LogP contribution is 2.19.